The van der Waals surface area contributed by atoms with Gasteiger partial charge in [0.1, 0.15) is 11.5 Å². The van der Waals surface area contributed by atoms with E-state index in [1.165, 1.54) is 0 Å². The number of benzene rings is 1. The Hall–Kier alpha value is -1.51. The molecule has 86 valence electrons. The van der Waals surface area contributed by atoms with E-state index in [2.05, 4.69) is 6.92 Å². The molecule has 0 N–H and O–H groups in total. The van der Waals surface area contributed by atoms with E-state index < -0.39 is 0 Å². The molecule has 0 spiro atoms. The van der Waals surface area contributed by atoms with Crippen LogP contribution in [0.4, 0.5) is 0 Å². The molecule has 3 heteroatoms. The van der Waals surface area contributed by atoms with Crippen LogP contribution in [0.5, 0.6) is 11.5 Å². The monoisotopic (exact) mass is 220 g/mol. The summed E-state index contributed by atoms with van der Waals surface area (Å²) in [6.45, 7) is 3.31. The van der Waals surface area contributed by atoms with E-state index in [0.29, 0.717) is 30.9 Å². The third-order valence-electron chi connectivity index (χ3n) is 2.61. The molecule has 0 bridgehead atoms. The molecule has 0 atom stereocenters. The molecule has 1 heterocycles. The summed E-state index contributed by atoms with van der Waals surface area (Å²) in [4.78, 5) is 11.5. The smallest absolute Gasteiger partial charge is 0.169 e. The maximum absolute atomic E-state index is 11.5. The summed E-state index contributed by atoms with van der Waals surface area (Å²) in [5.74, 6) is 1.59. The van der Waals surface area contributed by atoms with Gasteiger partial charge in [-0.15, -0.1) is 0 Å². The Labute approximate surface area is 95.4 Å². The Morgan fingerprint density at radius 1 is 1.44 bits per heavy atom. The van der Waals surface area contributed by atoms with Crippen LogP contribution in [0.2, 0.25) is 0 Å². The topological polar surface area (TPSA) is 35.5 Å². The van der Waals surface area contributed by atoms with Crippen molar-refractivity contribution in [1.82, 2.24) is 0 Å². The number of hydrogen-bond acceptors (Lipinski definition) is 3. The zero-order valence-corrected chi connectivity index (χ0v) is 9.49. The summed E-state index contributed by atoms with van der Waals surface area (Å²) in [6.07, 6.45) is 2.62. The number of ketones is 1. The van der Waals surface area contributed by atoms with Gasteiger partial charge in [0.05, 0.1) is 18.8 Å². The van der Waals surface area contributed by atoms with E-state index in [9.17, 15) is 4.79 Å². The van der Waals surface area contributed by atoms with Crippen LogP contribution in [0.1, 0.15) is 36.5 Å². The first kappa shape index (κ1) is 11.0. The van der Waals surface area contributed by atoms with Gasteiger partial charge in [-0.25, -0.2) is 0 Å². The normalized spacial score (nSPS) is 14.2. The molecular weight excluding hydrogens is 204 g/mol. The van der Waals surface area contributed by atoms with Gasteiger partial charge in [-0.05, 0) is 18.6 Å². The number of unbranched alkanes of at least 4 members (excludes halogenated alkanes) is 1. The average molecular weight is 220 g/mol. The van der Waals surface area contributed by atoms with Crippen LogP contribution < -0.4 is 9.47 Å². The summed E-state index contributed by atoms with van der Waals surface area (Å²) in [7, 11) is 0. The van der Waals surface area contributed by atoms with Gasteiger partial charge in [-0.3, -0.25) is 4.79 Å². The fourth-order valence-electron chi connectivity index (χ4n) is 1.66. The number of carbonyl (C=O) groups is 1. The van der Waals surface area contributed by atoms with Crippen molar-refractivity contribution in [2.45, 2.75) is 26.2 Å². The van der Waals surface area contributed by atoms with E-state index in [-0.39, 0.29) is 5.78 Å². The molecular formula is C13H16O3. The fraction of sp³-hybridized carbons (Fsp3) is 0.462. The van der Waals surface area contributed by atoms with Gasteiger partial charge in [0.2, 0.25) is 0 Å². The highest BCUT2D eigenvalue weighted by molar-refractivity contribution is 5.99. The van der Waals surface area contributed by atoms with Crippen molar-refractivity contribution >= 4 is 5.78 Å². The standard InChI is InChI=1S/C13H16O3/c1-2-3-7-15-10-4-5-11-12(14)6-8-16-13(11)9-10/h4-5,9H,2-3,6-8H2,1H3. The number of rotatable bonds is 4. The van der Waals surface area contributed by atoms with Gasteiger partial charge >= 0.3 is 0 Å². The first-order valence-electron chi connectivity index (χ1n) is 5.74. The van der Waals surface area contributed by atoms with E-state index >= 15 is 0 Å². The number of fused-ring (bicyclic) bond motifs is 1. The lowest BCUT2D eigenvalue weighted by atomic mass is 10.1. The number of hydrogen-bond donors (Lipinski definition) is 0. The van der Waals surface area contributed by atoms with Gasteiger partial charge in [0, 0.05) is 12.5 Å². The summed E-state index contributed by atoms with van der Waals surface area (Å²) in [5, 5.41) is 0. The molecule has 0 fully saturated rings. The summed E-state index contributed by atoms with van der Waals surface area (Å²) >= 11 is 0. The first-order chi connectivity index (χ1) is 7.81. The largest absolute Gasteiger partial charge is 0.493 e. The van der Waals surface area contributed by atoms with Gasteiger partial charge in [0.15, 0.2) is 5.78 Å². The quantitative estimate of drug-likeness (QED) is 0.732. The molecule has 16 heavy (non-hydrogen) atoms. The first-order valence-corrected chi connectivity index (χ1v) is 5.74. The number of carbonyl (C=O) groups excluding carboxylic acids is 1. The second kappa shape index (κ2) is 5.01. The van der Waals surface area contributed by atoms with Crippen LogP contribution in [-0.2, 0) is 0 Å². The van der Waals surface area contributed by atoms with Gasteiger partial charge in [-0.2, -0.15) is 0 Å². The molecule has 1 aromatic rings. The third kappa shape index (κ3) is 2.35. The van der Waals surface area contributed by atoms with E-state index in [0.717, 1.165) is 18.6 Å². The van der Waals surface area contributed by atoms with E-state index in [1.807, 2.05) is 12.1 Å². The minimum Gasteiger partial charge on any atom is -0.493 e. The predicted molar refractivity (Wildman–Crippen MR) is 61.3 cm³/mol. The van der Waals surface area contributed by atoms with E-state index in [4.69, 9.17) is 9.47 Å². The lowest BCUT2D eigenvalue weighted by Gasteiger charge is -2.17. The summed E-state index contributed by atoms with van der Waals surface area (Å²) in [6, 6.07) is 5.43. The lowest BCUT2D eigenvalue weighted by molar-refractivity contribution is 0.0933. The molecule has 0 saturated carbocycles. The number of ether oxygens (including phenoxy) is 2. The van der Waals surface area contributed by atoms with Crippen molar-refractivity contribution in [3.05, 3.63) is 23.8 Å². The highest BCUT2D eigenvalue weighted by Crippen LogP contribution is 2.29. The second-order valence-corrected chi connectivity index (χ2v) is 3.88. The third-order valence-corrected chi connectivity index (χ3v) is 2.61. The van der Waals surface area contributed by atoms with Crippen LogP contribution in [0.15, 0.2) is 18.2 Å². The van der Waals surface area contributed by atoms with Crippen LogP contribution >= 0.6 is 0 Å². The van der Waals surface area contributed by atoms with Crippen LogP contribution in [0.3, 0.4) is 0 Å². The molecule has 1 aliphatic heterocycles. The zero-order valence-electron chi connectivity index (χ0n) is 9.49. The maximum Gasteiger partial charge on any atom is 0.169 e. The van der Waals surface area contributed by atoms with Crippen LogP contribution in [-0.4, -0.2) is 19.0 Å². The highest BCUT2D eigenvalue weighted by Gasteiger charge is 2.18. The van der Waals surface area contributed by atoms with Crippen molar-refractivity contribution in [1.29, 1.82) is 0 Å². The molecule has 0 aliphatic carbocycles. The molecule has 3 nitrogen and oxygen atoms in total. The molecule has 0 aromatic heterocycles. The molecule has 2 rings (SSSR count). The van der Waals surface area contributed by atoms with Crippen molar-refractivity contribution < 1.29 is 14.3 Å². The van der Waals surface area contributed by atoms with Crippen molar-refractivity contribution in [3.63, 3.8) is 0 Å². The SMILES string of the molecule is CCCCOc1ccc2c(c1)OCCC2=O. The zero-order chi connectivity index (χ0) is 11.4. The Balaban J connectivity index is 2.09. The average Bonchev–Trinajstić information content (AvgIpc) is 2.30. The summed E-state index contributed by atoms with van der Waals surface area (Å²) < 4.78 is 11.0. The van der Waals surface area contributed by atoms with Gasteiger partial charge < -0.3 is 9.47 Å². The maximum atomic E-state index is 11.5. The second-order valence-electron chi connectivity index (χ2n) is 3.88. The van der Waals surface area contributed by atoms with Crippen LogP contribution in [0, 0.1) is 0 Å². The Morgan fingerprint density at radius 2 is 2.31 bits per heavy atom. The van der Waals surface area contributed by atoms with Crippen molar-refractivity contribution in [2.24, 2.45) is 0 Å². The molecule has 1 aliphatic rings. The predicted octanol–water partition coefficient (Wildman–Crippen LogP) is 2.83. The summed E-state index contributed by atoms with van der Waals surface area (Å²) in [5.41, 5.74) is 0.675. The minimum absolute atomic E-state index is 0.154. The highest BCUT2D eigenvalue weighted by atomic mass is 16.5. The lowest BCUT2D eigenvalue weighted by Crippen LogP contribution is -2.15. The molecule has 0 amide bonds. The van der Waals surface area contributed by atoms with Crippen molar-refractivity contribution in [2.75, 3.05) is 13.2 Å². The van der Waals surface area contributed by atoms with Gasteiger partial charge in [-0.1, -0.05) is 13.3 Å². The number of Topliss-reactive ketones (excluding diaryl/α,β-unsaturated/α-hetero) is 1. The van der Waals surface area contributed by atoms with E-state index in [1.54, 1.807) is 6.07 Å². The van der Waals surface area contributed by atoms with Crippen LogP contribution in [0.25, 0.3) is 0 Å². The molecule has 0 saturated heterocycles. The van der Waals surface area contributed by atoms with Crippen molar-refractivity contribution in [3.8, 4) is 11.5 Å². The molecule has 0 unspecified atom stereocenters. The molecule has 1 aromatic carbocycles. The molecule has 0 radical (unpaired) electrons. The van der Waals surface area contributed by atoms with Gasteiger partial charge in [0.25, 0.3) is 0 Å². The fourth-order valence-corrected chi connectivity index (χ4v) is 1.66. The Morgan fingerprint density at radius 3 is 3.12 bits per heavy atom. The minimum atomic E-state index is 0.154. The Kier molecular flexibility index (Phi) is 3.44. The Bertz CT molecular complexity index is 385.